The summed E-state index contributed by atoms with van der Waals surface area (Å²) in [6, 6.07) is 4.50. The number of fused-ring (bicyclic) bond motifs is 1. The van der Waals surface area contributed by atoms with E-state index in [4.69, 9.17) is 4.74 Å². The van der Waals surface area contributed by atoms with Crippen molar-refractivity contribution >= 4 is 21.8 Å². The summed E-state index contributed by atoms with van der Waals surface area (Å²) in [5, 5.41) is 2.83. The molecule has 0 aromatic heterocycles. The van der Waals surface area contributed by atoms with Crippen molar-refractivity contribution in [1.82, 2.24) is 10.2 Å². The molecule has 4 nitrogen and oxygen atoms in total. The van der Waals surface area contributed by atoms with Gasteiger partial charge in [0, 0.05) is 16.6 Å². The van der Waals surface area contributed by atoms with Gasteiger partial charge in [-0.05, 0) is 12.1 Å². The molecule has 0 bridgehead atoms. The van der Waals surface area contributed by atoms with Gasteiger partial charge in [-0.25, -0.2) is 4.39 Å². The molecule has 0 saturated carbocycles. The summed E-state index contributed by atoms with van der Waals surface area (Å²) in [4.78, 5) is 13.8. The summed E-state index contributed by atoms with van der Waals surface area (Å²) in [5.41, 5.74) is 0.482. The van der Waals surface area contributed by atoms with Crippen LogP contribution in [0.25, 0.3) is 0 Å². The van der Waals surface area contributed by atoms with Gasteiger partial charge in [-0.15, -0.1) is 0 Å². The van der Waals surface area contributed by atoms with E-state index in [9.17, 15) is 9.18 Å². The molecule has 1 amide bonds. The molecule has 2 heterocycles. The molecule has 18 heavy (non-hydrogen) atoms. The fourth-order valence-corrected chi connectivity index (χ4v) is 3.03. The van der Waals surface area contributed by atoms with Crippen molar-refractivity contribution in [2.75, 3.05) is 19.8 Å². The second kappa shape index (κ2) is 4.60. The van der Waals surface area contributed by atoms with E-state index in [1.165, 1.54) is 6.07 Å². The maximum absolute atomic E-state index is 13.9. The van der Waals surface area contributed by atoms with Gasteiger partial charge in [0.25, 0.3) is 0 Å². The predicted molar refractivity (Wildman–Crippen MR) is 66.3 cm³/mol. The Morgan fingerprint density at radius 2 is 2.33 bits per heavy atom. The standard InChI is InChI=1S/C12H12BrFN2O2/c13-7-2-1-3-8(14)10(7)11-15-12(17)9-6-18-5-4-16(9)11/h1-3,9,11H,4-6H2,(H,15,17)/t9-,11-/m0/s1. The van der Waals surface area contributed by atoms with Gasteiger partial charge in [0.15, 0.2) is 0 Å². The Kier molecular flexibility index (Phi) is 3.09. The number of carbonyl (C=O) groups excluding carboxylic acids is 1. The van der Waals surface area contributed by atoms with Gasteiger partial charge in [0.05, 0.1) is 13.2 Å². The van der Waals surface area contributed by atoms with E-state index in [1.54, 1.807) is 12.1 Å². The highest BCUT2D eigenvalue weighted by Crippen LogP contribution is 2.33. The van der Waals surface area contributed by atoms with Crippen LogP contribution in [0.5, 0.6) is 0 Å². The molecule has 1 aromatic carbocycles. The third kappa shape index (κ3) is 1.84. The topological polar surface area (TPSA) is 41.6 Å². The quantitative estimate of drug-likeness (QED) is 0.852. The van der Waals surface area contributed by atoms with E-state index in [2.05, 4.69) is 21.2 Å². The SMILES string of the molecule is O=C1N[C@H](c2c(F)cccc2Br)N2CCOC[C@@H]12. The largest absolute Gasteiger partial charge is 0.378 e. The van der Waals surface area contributed by atoms with Gasteiger partial charge in [-0.3, -0.25) is 9.69 Å². The zero-order valence-electron chi connectivity index (χ0n) is 9.53. The number of morpholine rings is 1. The molecule has 3 rings (SSSR count). The molecule has 0 unspecified atom stereocenters. The lowest BCUT2D eigenvalue weighted by molar-refractivity contribution is -0.125. The van der Waals surface area contributed by atoms with Crippen LogP contribution < -0.4 is 5.32 Å². The average molecular weight is 315 g/mol. The van der Waals surface area contributed by atoms with Gasteiger partial charge in [0.2, 0.25) is 5.91 Å². The van der Waals surface area contributed by atoms with E-state index < -0.39 is 6.17 Å². The van der Waals surface area contributed by atoms with Crippen LogP contribution in [0, 0.1) is 5.82 Å². The van der Waals surface area contributed by atoms with Crippen LogP contribution in [0.4, 0.5) is 4.39 Å². The van der Waals surface area contributed by atoms with Crippen LogP contribution >= 0.6 is 15.9 Å². The fourth-order valence-electron chi connectivity index (χ4n) is 2.48. The number of benzene rings is 1. The normalized spacial score (nSPS) is 28.0. The highest BCUT2D eigenvalue weighted by Gasteiger charge is 2.43. The lowest BCUT2D eigenvalue weighted by atomic mass is 10.1. The molecular weight excluding hydrogens is 303 g/mol. The number of hydrogen-bond acceptors (Lipinski definition) is 3. The first-order valence-electron chi connectivity index (χ1n) is 5.76. The van der Waals surface area contributed by atoms with Gasteiger partial charge in [-0.2, -0.15) is 0 Å². The minimum atomic E-state index is -0.415. The number of nitrogens with zero attached hydrogens (tertiary/aromatic N) is 1. The summed E-state index contributed by atoms with van der Waals surface area (Å²) < 4.78 is 19.9. The van der Waals surface area contributed by atoms with Crippen LogP contribution in [0.3, 0.4) is 0 Å². The van der Waals surface area contributed by atoms with E-state index in [0.29, 0.717) is 29.8 Å². The number of rotatable bonds is 1. The Morgan fingerprint density at radius 1 is 1.50 bits per heavy atom. The van der Waals surface area contributed by atoms with Crippen LogP contribution in [0.1, 0.15) is 11.7 Å². The molecular formula is C12H12BrFN2O2. The zero-order valence-corrected chi connectivity index (χ0v) is 11.1. The van der Waals surface area contributed by atoms with E-state index >= 15 is 0 Å². The van der Waals surface area contributed by atoms with E-state index in [0.717, 1.165) is 0 Å². The molecule has 2 aliphatic rings. The summed E-state index contributed by atoms with van der Waals surface area (Å²) in [6.07, 6.45) is -0.415. The second-order valence-electron chi connectivity index (χ2n) is 4.37. The molecule has 6 heteroatoms. The summed E-state index contributed by atoms with van der Waals surface area (Å²) in [7, 11) is 0. The Labute approximate surface area is 112 Å². The Balaban J connectivity index is 1.99. The van der Waals surface area contributed by atoms with Crippen LogP contribution in [0.15, 0.2) is 22.7 Å². The Hall–Kier alpha value is -0.980. The van der Waals surface area contributed by atoms with E-state index in [1.807, 2.05) is 4.90 Å². The maximum atomic E-state index is 13.9. The first-order valence-corrected chi connectivity index (χ1v) is 6.55. The van der Waals surface area contributed by atoms with Crippen LogP contribution in [-0.2, 0) is 9.53 Å². The van der Waals surface area contributed by atoms with Gasteiger partial charge in [0.1, 0.15) is 18.0 Å². The van der Waals surface area contributed by atoms with Gasteiger partial charge < -0.3 is 10.1 Å². The van der Waals surface area contributed by atoms with Crippen LogP contribution in [-0.4, -0.2) is 36.6 Å². The minimum absolute atomic E-state index is 0.102. The lowest BCUT2D eigenvalue weighted by Crippen LogP contribution is -2.44. The number of ether oxygens (including phenoxy) is 1. The smallest absolute Gasteiger partial charge is 0.241 e. The van der Waals surface area contributed by atoms with Crippen molar-refractivity contribution in [3.05, 3.63) is 34.1 Å². The van der Waals surface area contributed by atoms with Gasteiger partial charge >= 0.3 is 0 Å². The molecule has 2 saturated heterocycles. The third-order valence-electron chi connectivity index (χ3n) is 3.36. The second-order valence-corrected chi connectivity index (χ2v) is 5.23. The predicted octanol–water partition coefficient (Wildman–Crippen LogP) is 1.42. The average Bonchev–Trinajstić information content (AvgIpc) is 2.68. The first-order chi connectivity index (χ1) is 8.68. The first kappa shape index (κ1) is 12.1. The molecule has 2 fully saturated rings. The zero-order chi connectivity index (χ0) is 12.7. The number of hydrogen-bond donors (Lipinski definition) is 1. The number of nitrogens with one attached hydrogen (secondary N) is 1. The van der Waals surface area contributed by atoms with Crippen molar-refractivity contribution in [1.29, 1.82) is 0 Å². The Bertz CT molecular complexity index is 477. The number of amides is 1. The monoisotopic (exact) mass is 314 g/mol. The molecule has 0 radical (unpaired) electrons. The molecule has 2 aliphatic heterocycles. The molecule has 96 valence electrons. The highest BCUT2D eigenvalue weighted by molar-refractivity contribution is 9.10. The Morgan fingerprint density at radius 3 is 3.11 bits per heavy atom. The molecule has 0 aliphatic carbocycles. The molecule has 0 spiro atoms. The number of halogens is 2. The van der Waals surface area contributed by atoms with E-state index in [-0.39, 0.29) is 17.8 Å². The molecule has 1 N–H and O–H groups in total. The van der Waals surface area contributed by atoms with Crippen molar-refractivity contribution in [3.63, 3.8) is 0 Å². The third-order valence-corrected chi connectivity index (χ3v) is 4.05. The highest BCUT2D eigenvalue weighted by atomic mass is 79.9. The summed E-state index contributed by atoms with van der Waals surface area (Å²) in [5.74, 6) is -0.420. The van der Waals surface area contributed by atoms with Crippen molar-refractivity contribution < 1.29 is 13.9 Å². The molecule has 2 atom stereocenters. The van der Waals surface area contributed by atoms with Crippen molar-refractivity contribution in [3.8, 4) is 0 Å². The minimum Gasteiger partial charge on any atom is -0.378 e. The fraction of sp³-hybridized carbons (Fsp3) is 0.417. The summed E-state index contributed by atoms with van der Waals surface area (Å²) >= 11 is 3.34. The van der Waals surface area contributed by atoms with Crippen molar-refractivity contribution in [2.24, 2.45) is 0 Å². The van der Waals surface area contributed by atoms with Gasteiger partial charge in [-0.1, -0.05) is 22.0 Å². The number of carbonyl (C=O) groups is 1. The molecule has 1 aromatic rings. The summed E-state index contributed by atoms with van der Waals surface area (Å²) in [6.45, 7) is 1.55. The van der Waals surface area contributed by atoms with Crippen molar-refractivity contribution in [2.45, 2.75) is 12.2 Å². The lowest BCUT2D eigenvalue weighted by Gasteiger charge is -2.31. The maximum Gasteiger partial charge on any atom is 0.241 e. The van der Waals surface area contributed by atoms with Crippen LogP contribution in [0.2, 0.25) is 0 Å².